The lowest BCUT2D eigenvalue weighted by atomic mass is 10.0. The van der Waals surface area contributed by atoms with Gasteiger partial charge in [-0.05, 0) is 57.8 Å². The summed E-state index contributed by atoms with van der Waals surface area (Å²) >= 11 is 0. The number of hydrogen-bond acceptors (Lipinski definition) is 5. The summed E-state index contributed by atoms with van der Waals surface area (Å²) in [4.78, 5) is 25.9. The third-order valence-electron chi connectivity index (χ3n) is 10.1. The molecule has 0 rings (SSSR count). The number of carbonyl (C=O) groups is 2. The molecule has 1 amide bonds. The smallest absolute Gasteiger partial charge is 0.306 e. The Morgan fingerprint density at radius 1 is 0.536 bits per heavy atom. The summed E-state index contributed by atoms with van der Waals surface area (Å²) < 4.78 is 5.83. The van der Waals surface area contributed by atoms with E-state index in [9.17, 15) is 19.8 Å². The van der Waals surface area contributed by atoms with E-state index in [1.165, 1.54) is 83.5 Å². The molecule has 0 aromatic carbocycles. The highest BCUT2D eigenvalue weighted by atomic mass is 16.5. The zero-order valence-electron chi connectivity index (χ0n) is 36.5. The lowest BCUT2D eigenvalue weighted by Gasteiger charge is -2.24. The van der Waals surface area contributed by atoms with Gasteiger partial charge < -0.3 is 20.3 Å². The molecule has 3 N–H and O–H groups in total. The van der Waals surface area contributed by atoms with Crippen LogP contribution in [-0.4, -0.2) is 46.9 Å². The van der Waals surface area contributed by atoms with E-state index < -0.39 is 18.2 Å². The van der Waals surface area contributed by atoms with Crippen molar-refractivity contribution < 1.29 is 24.5 Å². The first-order valence-corrected chi connectivity index (χ1v) is 23.2. The molecule has 0 aromatic rings. The minimum atomic E-state index is -0.805. The van der Waals surface area contributed by atoms with Crippen molar-refractivity contribution >= 4 is 11.9 Å². The van der Waals surface area contributed by atoms with Crippen LogP contribution >= 0.6 is 0 Å². The molecular formula is C50H87NO5. The standard InChI is InChI=1S/C50H87NO5/c1-4-7-10-13-16-19-21-23-24-25-27-28-30-33-36-39-42-48(53)47(45-52)51-49(54)44-46(41-38-35-32-18-15-12-9-6-3)56-50(55)43-40-37-34-31-29-26-22-20-17-14-11-8-5-2/h8,11-12,14-15,17,20,22,26,29,31,34,46-48,52-53H,4-7,9-10,13,16,18-19,21,23-25,27-28,30,32-33,35-45H2,1-3H3,(H,51,54)/b11-8+,15-12-,17-14+,22-20-,29-26-,34-31+. The molecule has 0 saturated carbocycles. The van der Waals surface area contributed by atoms with Crippen LogP contribution < -0.4 is 5.32 Å². The number of aliphatic hydroxyl groups is 2. The number of rotatable bonds is 40. The van der Waals surface area contributed by atoms with Crippen LogP contribution in [0.15, 0.2) is 72.9 Å². The molecule has 0 radical (unpaired) electrons. The molecule has 0 saturated heterocycles. The molecule has 56 heavy (non-hydrogen) atoms. The normalized spacial score (nSPS) is 14.0. The van der Waals surface area contributed by atoms with Gasteiger partial charge in [-0.3, -0.25) is 9.59 Å². The monoisotopic (exact) mass is 782 g/mol. The molecule has 0 aliphatic heterocycles. The number of allylic oxidation sites excluding steroid dienone is 12. The molecule has 3 unspecified atom stereocenters. The number of carbonyl (C=O) groups excluding carboxylic acids is 2. The molecule has 0 bridgehead atoms. The highest BCUT2D eigenvalue weighted by molar-refractivity contribution is 5.77. The molecule has 0 aromatic heterocycles. The van der Waals surface area contributed by atoms with Crippen molar-refractivity contribution in [3.63, 3.8) is 0 Å². The maximum atomic E-state index is 13.1. The first-order valence-electron chi connectivity index (χ1n) is 23.2. The van der Waals surface area contributed by atoms with E-state index in [-0.39, 0.29) is 24.9 Å². The van der Waals surface area contributed by atoms with Crippen LogP contribution in [0.5, 0.6) is 0 Å². The molecule has 0 aliphatic rings. The zero-order valence-corrected chi connectivity index (χ0v) is 36.5. The van der Waals surface area contributed by atoms with Crippen LogP contribution in [0.3, 0.4) is 0 Å². The van der Waals surface area contributed by atoms with E-state index in [0.717, 1.165) is 70.6 Å². The van der Waals surface area contributed by atoms with Gasteiger partial charge in [-0.1, -0.05) is 209 Å². The van der Waals surface area contributed by atoms with E-state index in [0.29, 0.717) is 25.7 Å². The minimum Gasteiger partial charge on any atom is -0.462 e. The topological polar surface area (TPSA) is 95.9 Å². The molecule has 6 nitrogen and oxygen atoms in total. The summed E-state index contributed by atoms with van der Waals surface area (Å²) in [5.41, 5.74) is 0. The third-order valence-corrected chi connectivity index (χ3v) is 10.1. The fraction of sp³-hybridized carbons (Fsp3) is 0.720. The maximum Gasteiger partial charge on any atom is 0.306 e. The number of unbranched alkanes of at least 4 members (excludes halogenated alkanes) is 20. The second-order valence-electron chi connectivity index (χ2n) is 15.5. The lowest BCUT2D eigenvalue weighted by molar-refractivity contribution is -0.151. The highest BCUT2D eigenvalue weighted by Crippen LogP contribution is 2.17. The Kier molecular flexibility index (Phi) is 41.3. The van der Waals surface area contributed by atoms with Gasteiger partial charge in [-0.25, -0.2) is 0 Å². The first-order chi connectivity index (χ1) is 27.5. The Bertz CT molecular complexity index is 1060. The van der Waals surface area contributed by atoms with Crippen LogP contribution in [-0.2, 0) is 14.3 Å². The minimum absolute atomic E-state index is 0.0344. The SMILES string of the molecule is CC/C=C/C=C/C=C\C=C/C=C/CCCC(=O)OC(CCCCC/C=C\CCC)CC(=O)NC(CO)C(O)CCCCCCCCCCCCCCCCCC. The van der Waals surface area contributed by atoms with Crippen molar-refractivity contribution in [1.29, 1.82) is 0 Å². The molecule has 0 fully saturated rings. The summed E-state index contributed by atoms with van der Waals surface area (Å²) in [5, 5.41) is 23.6. The predicted molar refractivity (Wildman–Crippen MR) is 241 cm³/mol. The van der Waals surface area contributed by atoms with Crippen LogP contribution in [0.2, 0.25) is 0 Å². The van der Waals surface area contributed by atoms with E-state index in [4.69, 9.17) is 4.74 Å². The summed E-state index contributed by atoms with van der Waals surface area (Å²) in [6, 6.07) is -0.721. The van der Waals surface area contributed by atoms with Gasteiger partial charge in [-0.2, -0.15) is 0 Å². The van der Waals surface area contributed by atoms with Crippen molar-refractivity contribution in [2.24, 2.45) is 0 Å². The van der Waals surface area contributed by atoms with Crippen molar-refractivity contribution in [3.8, 4) is 0 Å². The Balaban J connectivity index is 4.54. The van der Waals surface area contributed by atoms with Gasteiger partial charge in [0.1, 0.15) is 6.10 Å². The fourth-order valence-corrected chi connectivity index (χ4v) is 6.64. The number of nitrogens with one attached hydrogen (secondary N) is 1. The Hall–Kier alpha value is -2.70. The molecule has 322 valence electrons. The van der Waals surface area contributed by atoms with E-state index in [1.54, 1.807) is 0 Å². The molecule has 6 heteroatoms. The number of esters is 1. The zero-order chi connectivity index (χ0) is 41.0. The van der Waals surface area contributed by atoms with Gasteiger partial charge in [0.2, 0.25) is 5.91 Å². The number of amides is 1. The van der Waals surface area contributed by atoms with Crippen LogP contribution in [0.25, 0.3) is 0 Å². The summed E-state index contributed by atoms with van der Waals surface area (Å²) in [7, 11) is 0. The number of ether oxygens (including phenoxy) is 1. The van der Waals surface area contributed by atoms with E-state index in [2.05, 4.69) is 44.3 Å². The van der Waals surface area contributed by atoms with Crippen LogP contribution in [0, 0.1) is 0 Å². The largest absolute Gasteiger partial charge is 0.462 e. The summed E-state index contributed by atoms with van der Waals surface area (Å²) in [5.74, 6) is -0.588. The van der Waals surface area contributed by atoms with Gasteiger partial charge in [-0.15, -0.1) is 0 Å². The third kappa shape index (κ3) is 38.2. The first kappa shape index (κ1) is 53.3. The maximum absolute atomic E-state index is 13.1. The molecule has 0 spiro atoms. The predicted octanol–water partition coefficient (Wildman–Crippen LogP) is 13.4. The molecule has 0 heterocycles. The Labute approximate surface area is 345 Å². The van der Waals surface area contributed by atoms with Crippen LogP contribution in [0.1, 0.15) is 207 Å². The number of hydrogen-bond donors (Lipinski definition) is 3. The van der Waals surface area contributed by atoms with Crippen LogP contribution in [0.4, 0.5) is 0 Å². The fourth-order valence-electron chi connectivity index (χ4n) is 6.64. The highest BCUT2D eigenvalue weighted by Gasteiger charge is 2.24. The van der Waals surface area contributed by atoms with Crippen molar-refractivity contribution in [2.75, 3.05) is 6.61 Å². The quantitative estimate of drug-likeness (QED) is 0.0249. The van der Waals surface area contributed by atoms with Gasteiger partial charge >= 0.3 is 5.97 Å². The molecule has 3 atom stereocenters. The Morgan fingerprint density at radius 3 is 1.57 bits per heavy atom. The van der Waals surface area contributed by atoms with E-state index in [1.807, 2.05) is 54.7 Å². The average Bonchev–Trinajstić information content (AvgIpc) is 3.19. The second-order valence-corrected chi connectivity index (χ2v) is 15.5. The molecular weight excluding hydrogens is 695 g/mol. The van der Waals surface area contributed by atoms with E-state index >= 15 is 0 Å². The van der Waals surface area contributed by atoms with Crippen molar-refractivity contribution in [2.45, 2.75) is 225 Å². The van der Waals surface area contributed by atoms with Crippen molar-refractivity contribution in [1.82, 2.24) is 5.32 Å². The van der Waals surface area contributed by atoms with Gasteiger partial charge in [0.05, 0.1) is 25.2 Å². The average molecular weight is 782 g/mol. The lowest BCUT2D eigenvalue weighted by Crippen LogP contribution is -2.46. The van der Waals surface area contributed by atoms with Gasteiger partial charge in [0, 0.05) is 6.42 Å². The molecule has 0 aliphatic carbocycles. The Morgan fingerprint density at radius 2 is 1.02 bits per heavy atom. The summed E-state index contributed by atoms with van der Waals surface area (Å²) in [6.45, 7) is 6.23. The van der Waals surface area contributed by atoms with Crippen molar-refractivity contribution in [3.05, 3.63) is 72.9 Å². The van der Waals surface area contributed by atoms with Gasteiger partial charge in [0.25, 0.3) is 0 Å². The summed E-state index contributed by atoms with van der Waals surface area (Å²) in [6.07, 6.45) is 54.1. The van der Waals surface area contributed by atoms with Gasteiger partial charge in [0.15, 0.2) is 0 Å². The number of aliphatic hydroxyl groups excluding tert-OH is 2. The second kappa shape index (κ2) is 43.4.